The monoisotopic (exact) mass is 288 g/mol. The van der Waals surface area contributed by atoms with Gasteiger partial charge in [0, 0.05) is 38.9 Å². The topological polar surface area (TPSA) is 52.4 Å². The Hall–Kier alpha value is -1.64. The Kier molecular flexibility index (Phi) is 5.16. The molecule has 1 aliphatic rings. The number of anilines is 1. The molecule has 0 spiro atoms. The lowest BCUT2D eigenvalue weighted by atomic mass is 10.2. The number of rotatable bonds is 4. The molecule has 0 bridgehead atoms. The first-order chi connectivity index (χ1) is 9.99. The van der Waals surface area contributed by atoms with Crippen molar-refractivity contribution < 1.29 is 4.74 Å². The molecule has 2 rings (SSSR count). The fourth-order valence-electron chi connectivity index (χ4n) is 2.79. The molecule has 0 amide bonds. The van der Waals surface area contributed by atoms with Crippen molar-refractivity contribution in [3.05, 3.63) is 23.4 Å². The maximum absolute atomic E-state index is 9.20. The molecule has 0 aliphatic carbocycles. The van der Waals surface area contributed by atoms with E-state index in [0.29, 0.717) is 5.56 Å². The first kappa shape index (κ1) is 15.7. The number of morpholine rings is 1. The van der Waals surface area contributed by atoms with Crippen molar-refractivity contribution in [3.8, 4) is 6.07 Å². The van der Waals surface area contributed by atoms with Gasteiger partial charge in [-0.05, 0) is 32.9 Å². The van der Waals surface area contributed by atoms with Gasteiger partial charge in [-0.1, -0.05) is 0 Å². The molecular weight excluding hydrogens is 264 g/mol. The van der Waals surface area contributed by atoms with Gasteiger partial charge in [0.1, 0.15) is 11.9 Å². The lowest BCUT2D eigenvalue weighted by Gasteiger charge is -2.36. The van der Waals surface area contributed by atoms with E-state index in [1.165, 1.54) is 0 Å². The first-order valence-corrected chi connectivity index (χ1v) is 7.46. The lowest BCUT2D eigenvalue weighted by molar-refractivity contribution is -0.0670. The molecule has 1 aromatic heterocycles. The fourth-order valence-corrected chi connectivity index (χ4v) is 2.79. The van der Waals surface area contributed by atoms with Crippen molar-refractivity contribution in [2.45, 2.75) is 33.0 Å². The molecule has 1 aliphatic heterocycles. The second-order valence-corrected chi connectivity index (χ2v) is 5.87. The van der Waals surface area contributed by atoms with E-state index in [-0.39, 0.29) is 12.2 Å². The van der Waals surface area contributed by atoms with Crippen LogP contribution < -0.4 is 4.90 Å². The highest BCUT2D eigenvalue weighted by Crippen LogP contribution is 2.17. The highest BCUT2D eigenvalue weighted by molar-refractivity contribution is 5.53. The molecule has 0 radical (unpaired) electrons. The maximum atomic E-state index is 9.20. The van der Waals surface area contributed by atoms with Crippen molar-refractivity contribution in [2.24, 2.45) is 0 Å². The van der Waals surface area contributed by atoms with Crippen LogP contribution in [0.15, 0.2) is 12.1 Å². The van der Waals surface area contributed by atoms with Crippen LogP contribution in [0.1, 0.15) is 25.1 Å². The third-order valence-electron chi connectivity index (χ3n) is 3.74. The van der Waals surface area contributed by atoms with Gasteiger partial charge in [0.05, 0.1) is 17.8 Å². The number of hydrogen-bond acceptors (Lipinski definition) is 5. The van der Waals surface area contributed by atoms with E-state index in [4.69, 9.17) is 4.74 Å². The third kappa shape index (κ3) is 4.16. The summed E-state index contributed by atoms with van der Waals surface area (Å²) < 4.78 is 5.75. The highest BCUT2D eigenvalue weighted by Gasteiger charge is 2.22. The summed E-state index contributed by atoms with van der Waals surface area (Å²) in [6.45, 7) is 9.91. The van der Waals surface area contributed by atoms with Gasteiger partial charge in [0.2, 0.25) is 0 Å². The molecule has 2 atom stereocenters. The number of pyridine rings is 1. The molecule has 0 N–H and O–H groups in total. The molecule has 0 unspecified atom stereocenters. The summed E-state index contributed by atoms with van der Waals surface area (Å²) in [7, 11) is 2.00. The number of nitrogens with zero attached hydrogens (tertiary/aromatic N) is 4. The number of aromatic nitrogens is 1. The van der Waals surface area contributed by atoms with Gasteiger partial charge >= 0.3 is 0 Å². The predicted octanol–water partition coefficient (Wildman–Crippen LogP) is 1.81. The third-order valence-corrected chi connectivity index (χ3v) is 3.74. The van der Waals surface area contributed by atoms with Gasteiger partial charge in [0.15, 0.2) is 0 Å². The Morgan fingerprint density at radius 3 is 2.67 bits per heavy atom. The normalized spacial score (nSPS) is 22.8. The Morgan fingerprint density at radius 2 is 2.05 bits per heavy atom. The SMILES string of the molecule is Cc1ccc(C#N)c(N(C)CCN2C[C@@H](C)O[C@@H](C)C2)n1. The smallest absolute Gasteiger partial charge is 0.146 e. The van der Waals surface area contributed by atoms with Crippen LogP contribution in [0.2, 0.25) is 0 Å². The van der Waals surface area contributed by atoms with Crippen molar-refractivity contribution in [1.82, 2.24) is 9.88 Å². The number of hydrogen-bond donors (Lipinski definition) is 0. The number of likely N-dealkylation sites (N-methyl/N-ethyl adjacent to an activating group) is 1. The number of nitriles is 1. The van der Waals surface area contributed by atoms with E-state index in [1.807, 2.05) is 26.1 Å². The molecule has 5 nitrogen and oxygen atoms in total. The van der Waals surface area contributed by atoms with Crippen LogP contribution in [-0.4, -0.2) is 55.3 Å². The van der Waals surface area contributed by atoms with Crippen molar-refractivity contribution in [1.29, 1.82) is 5.26 Å². The molecule has 5 heteroatoms. The Bertz CT molecular complexity index is 515. The first-order valence-electron chi connectivity index (χ1n) is 7.46. The van der Waals surface area contributed by atoms with Crippen LogP contribution in [0.25, 0.3) is 0 Å². The van der Waals surface area contributed by atoms with E-state index in [9.17, 15) is 5.26 Å². The van der Waals surface area contributed by atoms with E-state index in [0.717, 1.165) is 37.7 Å². The van der Waals surface area contributed by atoms with Crippen LogP contribution in [0.4, 0.5) is 5.82 Å². The summed E-state index contributed by atoms with van der Waals surface area (Å²) in [6.07, 6.45) is 0.566. The quantitative estimate of drug-likeness (QED) is 0.845. The Balaban J connectivity index is 1.97. The van der Waals surface area contributed by atoms with Crippen LogP contribution in [-0.2, 0) is 4.74 Å². The minimum Gasteiger partial charge on any atom is -0.373 e. The highest BCUT2D eigenvalue weighted by atomic mass is 16.5. The minimum atomic E-state index is 0.283. The average molecular weight is 288 g/mol. The molecule has 1 aromatic rings. The van der Waals surface area contributed by atoms with Crippen molar-refractivity contribution in [3.63, 3.8) is 0 Å². The maximum Gasteiger partial charge on any atom is 0.146 e. The summed E-state index contributed by atoms with van der Waals surface area (Å²) in [6, 6.07) is 5.93. The van der Waals surface area contributed by atoms with Crippen LogP contribution >= 0.6 is 0 Å². The Labute approximate surface area is 127 Å². The largest absolute Gasteiger partial charge is 0.373 e. The molecule has 2 heterocycles. The zero-order chi connectivity index (χ0) is 15.4. The van der Waals surface area contributed by atoms with E-state index in [1.54, 1.807) is 0 Å². The van der Waals surface area contributed by atoms with E-state index in [2.05, 4.69) is 34.7 Å². The summed E-state index contributed by atoms with van der Waals surface area (Å²) in [5, 5.41) is 9.20. The van der Waals surface area contributed by atoms with Crippen molar-refractivity contribution in [2.75, 3.05) is 38.1 Å². The predicted molar refractivity (Wildman–Crippen MR) is 83.4 cm³/mol. The van der Waals surface area contributed by atoms with Crippen molar-refractivity contribution >= 4 is 5.82 Å². The molecular formula is C16H24N4O. The zero-order valence-electron chi connectivity index (χ0n) is 13.3. The van der Waals surface area contributed by atoms with Gasteiger partial charge < -0.3 is 9.64 Å². The Morgan fingerprint density at radius 1 is 1.38 bits per heavy atom. The minimum absolute atomic E-state index is 0.283. The molecule has 114 valence electrons. The van der Waals surface area contributed by atoms with E-state index < -0.39 is 0 Å². The van der Waals surface area contributed by atoms with Gasteiger partial charge in [-0.3, -0.25) is 4.90 Å². The van der Waals surface area contributed by atoms with E-state index >= 15 is 0 Å². The molecule has 1 fully saturated rings. The average Bonchev–Trinajstić information content (AvgIpc) is 2.43. The lowest BCUT2D eigenvalue weighted by Crippen LogP contribution is -2.47. The number of aryl methyl sites for hydroxylation is 1. The van der Waals surface area contributed by atoms with Gasteiger partial charge in [-0.2, -0.15) is 5.26 Å². The molecule has 0 saturated carbocycles. The van der Waals surface area contributed by atoms with Gasteiger partial charge in [-0.15, -0.1) is 0 Å². The molecule has 21 heavy (non-hydrogen) atoms. The summed E-state index contributed by atoms with van der Waals surface area (Å²) in [5.41, 5.74) is 1.57. The summed E-state index contributed by atoms with van der Waals surface area (Å²) in [4.78, 5) is 8.98. The summed E-state index contributed by atoms with van der Waals surface area (Å²) >= 11 is 0. The molecule has 0 aromatic carbocycles. The zero-order valence-corrected chi connectivity index (χ0v) is 13.3. The molecule has 1 saturated heterocycles. The van der Waals surface area contributed by atoms with Gasteiger partial charge in [-0.25, -0.2) is 4.98 Å². The number of ether oxygens (including phenoxy) is 1. The standard InChI is InChI=1S/C16H24N4O/c1-12-5-6-15(9-17)16(18-12)19(4)7-8-20-10-13(2)21-14(3)11-20/h5-6,13-14H,7-8,10-11H2,1-4H3/t13-,14+. The van der Waals surface area contributed by atoms with Crippen LogP contribution in [0.3, 0.4) is 0 Å². The summed E-state index contributed by atoms with van der Waals surface area (Å²) in [5.74, 6) is 0.770. The fraction of sp³-hybridized carbons (Fsp3) is 0.625. The van der Waals surface area contributed by atoms with Crippen LogP contribution in [0, 0.1) is 18.3 Å². The second-order valence-electron chi connectivity index (χ2n) is 5.87. The van der Waals surface area contributed by atoms with Gasteiger partial charge in [0.25, 0.3) is 0 Å². The second kappa shape index (κ2) is 6.88. The van der Waals surface area contributed by atoms with Crippen LogP contribution in [0.5, 0.6) is 0 Å².